The van der Waals surface area contributed by atoms with E-state index in [1.165, 1.54) is 0 Å². The standard InChI is InChI=1S/C25H29O5P/c1-27-24-17-9-15-23(25(24)28-2)16-10-18-31(26,29-19-21-11-5-3-6-12-21)30-20-22-13-7-4-8-14-22/h3-9,11-15,17H,10,16,18-20H2,1-2H3. The molecule has 0 heterocycles. The van der Waals surface area contributed by atoms with Crippen LogP contribution in [-0.4, -0.2) is 20.4 Å². The van der Waals surface area contributed by atoms with Crippen LogP contribution in [0.3, 0.4) is 0 Å². The maximum atomic E-state index is 13.5. The van der Waals surface area contributed by atoms with E-state index in [4.69, 9.17) is 18.5 Å². The SMILES string of the molecule is COc1cccc(CCCP(=O)(OCc2ccccc2)OCc2ccccc2)c1OC. The number of hydrogen-bond donors (Lipinski definition) is 0. The lowest BCUT2D eigenvalue weighted by molar-refractivity contribution is 0.191. The smallest absolute Gasteiger partial charge is 0.331 e. The van der Waals surface area contributed by atoms with Crippen molar-refractivity contribution in [2.45, 2.75) is 26.1 Å². The zero-order valence-electron chi connectivity index (χ0n) is 18.0. The van der Waals surface area contributed by atoms with Crippen molar-refractivity contribution in [2.75, 3.05) is 20.4 Å². The molecule has 0 saturated carbocycles. The van der Waals surface area contributed by atoms with Gasteiger partial charge in [0.25, 0.3) is 0 Å². The monoisotopic (exact) mass is 440 g/mol. The van der Waals surface area contributed by atoms with Gasteiger partial charge in [0, 0.05) is 0 Å². The lowest BCUT2D eigenvalue weighted by atomic mass is 10.1. The summed E-state index contributed by atoms with van der Waals surface area (Å²) in [5, 5.41) is 0. The van der Waals surface area contributed by atoms with Crippen LogP contribution in [0.2, 0.25) is 0 Å². The molecule has 6 heteroatoms. The highest BCUT2D eigenvalue weighted by Gasteiger charge is 2.25. The van der Waals surface area contributed by atoms with Gasteiger partial charge in [0.15, 0.2) is 11.5 Å². The molecular weight excluding hydrogens is 411 g/mol. The van der Waals surface area contributed by atoms with Crippen molar-refractivity contribution < 1.29 is 23.1 Å². The average molecular weight is 440 g/mol. The number of rotatable bonds is 12. The van der Waals surface area contributed by atoms with Gasteiger partial charge in [-0.05, 0) is 35.6 Å². The second-order valence-electron chi connectivity index (χ2n) is 7.11. The predicted octanol–water partition coefficient (Wildman–Crippen LogP) is 6.26. The van der Waals surface area contributed by atoms with E-state index in [2.05, 4.69) is 0 Å². The highest BCUT2D eigenvalue weighted by Crippen LogP contribution is 2.50. The molecule has 164 valence electrons. The summed E-state index contributed by atoms with van der Waals surface area (Å²) in [6.45, 7) is 0.491. The fraction of sp³-hybridized carbons (Fsp3) is 0.280. The molecule has 0 saturated heterocycles. The minimum atomic E-state index is -3.30. The summed E-state index contributed by atoms with van der Waals surface area (Å²) in [5.74, 6) is 1.39. The Morgan fingerprint density at radius 1 is 0.710 bits per heavy atom. The fourth-order valence-electron chi connectivity index (χ4n) is 3.27. The molecule has 0 bridgehead atoms. The van der Waals surface area contributed by atoms with Crippen LogP contribution in [-0.2, 0) is 33.2 Å². The Bertz CT molecular complexity index is 928. The molecule has 0 amide bonds. The normalized spacial score (nSPS) is 11.3. The molecule has 31 heavy (non-hydrogen) atoms. The van der Waals surface area contributed by atoms with Crippen LogP contribution in [0.25, 0.3) is 0 Å². The van der Waals surface area contributed by atoms with Crippen LogP contribution in [0.5, 0.6) is 11.5 Å². The Kier molecular flexibility index (Phi) is 8.72. The van der Waals surface area contributed by atoms with Gasteiger partial charge in [0.05, 0.1) is 33.6 Å². The van der Waals surface area contributed by atoms with Crippen LogP contribution in [0, 0.1) is 0 Å². The van der Waals surface area contributed by atoms with Crippen molar-refractivity contribution >= 4 is 7.60 Å². The van der Waals surface area contributed by atoms with Gasteiger partial charge in [0.2, 0.25) is 0 Å². The lowest BCUT2D eigenvalue weighted by Gasteiger charge is -2.19. The zero-order chi connectivity index (χ0) is 21.9. The van der Waals surface area contributed by atoms with E-state index in [1.54, 1.807) is 14.2 Å². The van der Waals surface area contributed by atoms with Gasteiger partial charge in [0.1, 0.15) is 0 Å². The molecule has 0 N–H and O–H groups in total. The molecule has 0 aliphatic heterocycles. The van der Waals surface area contributed by atoms with Gasteiger partial charge < -0.3 is 18.5 Å². The summed E-state index contributed by atoms with van der Waals surface area (Å²) < 4.78 is 36.1. The molecule has 0 unspecified atom stereocenters. The van der Waals surface area contributed by atoms with Gasteiger partial charge in [-0.2, -0.15) is 0 Å². The molecule has 0 radical (unpaired) electrons. The Balaban J connectivity index is 1.66. The van der Waals surface area contributed by atoms with E-state index in [1.807, 2.05) is 78.9 Å². The molecule has 0 aliphatic rings. The summed E-state index contributed by atoms with van der Waals surface area (Å²) in [6.07, 6.45) is 1.62. The van der Waals surface area contributed by atoms with Gasteiger partial charge in [-0.15, -0.1) is 0 Å². The van der Waals surface area contributed by atoms with E-state index in [0.717, 1.165) is 16.7 Å². The molecule has 5 nitrogen and oxygen atoms in total. The maximum Gasteiger partial charge on any atom is 0.331 e. The van der Waals surface area contributed by atoms with Crippen LogP contribution in [0.15, 0.2) is 78.9 Å². The lowest BCUT2D eigenvalue weighted by Crippen LogP contribution is -2.03. The summed E-state index contributed by atoms with van der Waals surface area (Å²) in [7, 11) is -0.0627. The highest BCUT2D eigenvalue weighted by molar-refractivity contribution is 7.53. The Morgan fingerprint density at radius 2 is 1.29 bits per heavy atom. The minimum Gasteiger partial charge on any atom is -0.493 e. The third kappa shape index (κ3) is 6.96. The third-order valence-corrected chi connectivity index (χ3v) is 6.81. The molecule has 0 aliphatic carbocycles. The Labute approximate surface area is 184 Å². The molecule has 3 aromatic rings. The topological polar surface area (TPSA) is 54.0 Å². The summed E-state index contributed by atoms with van der Waals surface area (Å²) in [6, 6.07) is 25.2. The fourth-order valence-corrected chi connectivity index (χ4v) is 4.84. The van der Waals surface area contributed by atoms with Gasteiger partial charge in [-0.25, -0.2) is 0 Å². The third-order valence-electron chi connectivity index (χ3n) is 4.90. The number of benzene rings is 3. The van der Waals surface area contributed by atoms with Crippen molar-refractivity contribution in [3.8, 4) is 11.5 Å². The van der Waals surface area contributed by atoms with E-state index >= 15 is 0 Å². The van der Waals surface area contributed by atoms with Crippen molar-refractivity contribution in [3.05, 3.63) is 95.6 Å². The summed E-state index contributed by atoms with van der Waals surface area (Å²) in [4.78, 5) is 0. The number of ether oxygens (including phenoxy) is 2. The minimum absolute atomic E-state index is 0.245. The second kappa shape index (κ2) is 11.7. The molecule has 0 aromatic heterocycles. The zero-order valence-corrected chi connectivity index (χ0v) is 18.9. The van der Waals surface area contributed by atoms with Crippen LogP contribution in [0.1, 0.15) is 23.1 Å². The van der Waals surface area contributed by atoms with Crippen molar-refractivity contribution in [3.63, 3.8) is 0 Å². The van der Waals surface area contributed by atoms with Crippen molar-refractivity contribution in [1.82, 2.24) is 0 Å². The van der Waals surface area contributed by atoms with Crippen LogP contribution < -0.4 is 9.47 Å². The van der Waals surface area contributed by atoms with Gasteiger partial charge in [-0.1, -0.05) is 72.8 Å². The summed E-state index contributed by atoms with van der Waals surface area (Å²) >= 11 is 0. The van der Waals surface area contributed by atoms with E-state index in [-0.39, 0.29) is 13.2 Å². The first kappa shape index (κ1) is 23.1. The predicted molar refractivity (Wildman–Crippen MR) is 123 cm³/mol. The maximum absolute atomic E-state index is 13.5. The van der Waals surface area contributed by atoms with Gasteiger partial charge in [-0.3, -0.25) is 4.57 Å². The van der Waals surface area contributed by atoms with Crippen LogP contribution in [0.4, 0.5) is 0 Å². The molecule has 0 spiro atoms. The molecule has 0 fully saturated rings. The number of para-hydroxylation sites is 1. The first-order chi connectivity index (χ1) is 15.1. The van der Waals surface area contributed by atoms with E-state index < -0.39 is 7.60 Å². The largest absolute Gasteiger partial charge is 0.493 e. The first-order valence-electron chi connectivity index (χ1n) is 10.3. The van der Waals surface area contributed by atoms with E-state index in [0.29, 0.717) is 30.5 Å². The quantitative estimate of drug-likeness (QED) is 0.311. The van der Waals surface area contributed by atoms with E-state index in [9.17, 15) is 4.57 Å². The average Bonchev–Trinajstić information content (AvgIpc) is 2.83. The molecule has 3 rings (SSSR count). The highest BCUT2D eigenvalue weighted by atomic mass is 31.2. The molecule has 0 atom stereocenters. The second-order valence-corrected chi connectivity index (χ2v) is 9.29. The first-order valence-corrected chi connectivity index (χ1v) is 12.0. The Hall–Kier alpha value is -2.59. The molecule has 3 aromatic carbocycles. The molecular formula is C25H29O5P. The summed E-state index contributed by atoms with van der Waals surface area (Å²) in [5.41, 5.74) is 2.92. The van der Waals surface area contributed by atoms with Gasteiger partial charge >= 0.3 is 7.60 Å². The Morgan fingerprint density at radius 3 is 1.81 bits per heavy atom. The van der Waals surface area contributed by atoms with Crippen molar-refractivity contribution in [1.29, 1.82) is 0 Å². The van der Waals surface area contributed by atoms with Crippen LogP contribution >= 0.6 is 7.60 Å². The van der Waals surface area contributed by atoms with Crippen molar-refractivity contribution in [2.24, 2.45) is 0 Å². The number of aryl methyl sites for hydroxylation is 1. The number of methoxy groups -OCH3 is 2. The number of hydrogen-bond acceptors (Lipinski definition) is 5.